The summed E-state index contributed by atoms with van der Waals surface area (Å²) < 4.78 is 0. The predicted octanol–water partition coefficient (Wildman–Crippen LogP) is 7.83. The van der Waals surface area contributed by atoms with Gasteiger partial charge in [-0.3, -0.25) is 14.4 Å². The van der Waals surface area contributed by atoms with Crippen LogP contribution in [0.4, 0.5) is 17.1 Å². The number of nitrogens with one attached hydrogen (secondary N) is 2. The molecule has 43 heavy (non-hydrogen) atoms. The highest BCUT2D eigenvalue weighted by Crippen LogP contribution is 2.47. The molecule has 7 nitrogen and oxygen atoms in total. The minimum Gasteiger partial charge on any atom is -0.481 e. The van der Waals surface area contributed by atoms with Crippen molar-refractivity contribution in [2.45, 2.75) is 57.3 Å². The molecule has 0 aromatic heterocycles. The Kier molecular flexibility index (Phi) is 9.52. The van der Waals surface area contributed by atoms with Crippen molar-refractivity contribution in [1.29, 1.82) is 0 Å². The highest BCUT2D eigenvalue weighted by atomic mass is 16.4. The molecule has 0 fully saturated rings. The molecule has 0 atom stereocenters. The number of fused-ring (bicyclic) bond motifs is 3. The fourth-order valence-corrected chi connectivity index (χ4v) is 5.82. The number of carbonyl (C=O) groups excluding carboxylic acids is 2. The molecule has 0 bridgehead atoms. The van der Waals surface area contributed by atoms with Crippen molar-refractivity contribution >= 4 is 34.8 Å². The molecule has 4 aromatic carbocycles. The van der Waals surface area contributed by atoms with E-state index in [0.717, 1.165) is 37.7 Å². The molecule has 7 heteroatoms. The molecular weight excluding hydrogens is 538 g/mol. The third kappa shape index (κ3) is 7.49. The maximum absolute atomic E-state index is 13.1. The van der Waals surface area contributed by atoms with Gasteiger partial charge in [0.25, 0.3) is 5.91 Å². The molecule has 5 N–H and O–H groups in total. The SMILES string of the molecule is Nc1cc(NC(=O)CCCCCCCCC(=O)O)cc(C(=O)Nc2ccc(C3c4ccccc4-c4ccccc43)cc2)c1. The summed E-state index contributed by atoms with van der Waals surface area (Å²) in [6.45, 7) is 0. The van der Waals surface area contributed by atoms with E-state index in [-0.39, 0.29) is 24.2 Å². The first-order valence-corrected chi connectivity index (χ1v) is 14.9. The number of hydrogen-bond donors (Lipinski definition) is 4. The molecule has 220 valence electrons. The summed E-state index contributed by atoms with van der Waals surface area (Å²) in [5.74, 6) is -1.06. The lowest BCUT2D eigenvalue weighted by molar-refractivity contribution is -0.137. The second-order valence-electron chi connectivity index (χ2n) is 11.1. The number of amides is 2. The van der Waals surface area contributed by atoms with E-state index in [1.54, 1.807) is 18.2 Å². The number of unbranched alkanes of at least 4 members (excludes halogenated alkanes) is 5. The van der Waals surface area contributed by atoms with Crippen LogP contribution in [-0.2, 0) is 9.59 Å². The zero-order chi connectivity index (χ0) is 30.2. The Morgan fingerprint density at radius 3 is 1.86 bits per heavy atom. The first-order valence-electron chi connectivity index (χ1n) is 14.9. The Balaban J connectivity index is 1.16. The van der Waals surface area contributed by atoms with Gasteiger partial charge in [0.15, 0.2) is 0 Å². The molecule has 0 heterocycles. The fraction of sp³-hybridized carbons (Fsp3) is 0.250. The zero-order valence-electron chi connectivity index (χ0n) is 24.1. The summed E-state index contributed by atoms with van der Waals surface area (Å²) in [6.07, 6.45) is 5.74. The van der Waals surface area contributed by atoms with Crippen LogP contribution in [0.1, 0.15) is 84.3 Å². The molecule has 2 amide bonds. The molecular formula is C36H37N3O4. The van der Waals surface area contributed by atoms with Gasteiger partial charge in [-0.1, -0.05) is 86.3 Å². The molecule has 1 aliphatic carbocycles. The third-order valence-corrected chi connectivity index (χ3v) is 7.88. The quantitative estimate of drug-likeness (QED) is 0.0842. The lowest BCUT2D eigenvalue weighted by Crippen LogP contribution is -2.15. The number of carbonyl (C=O) groups is 3. The molecule has 0 unspecified atom stereocenters. The predicted molar refractivity (Wildman–Crippen MR) is 171 cm³/mol. The first-order chi connectivity index (χ1) is 20.9. The van der Waals surface area contributed by atoms with Gasteiger partial charge in [-0.25, -0.2) is 0 Å². The topological polar surface area (TPSA) is 122 Å². The van der Waals surface area contributed by atoms with Gasteiger partial charge in [0.1, 0.15) is 0 Å². The van der Waals surface area contributed by atoms with Gasteiger partial charge in [-0.05, 0) is 71.0 Å². The third-order valence-electron chi connectivity index (χ3n) is 7.88. The Bertz CT molecular complexity index is 1570. The molecule has 5 rings (SSSR count). The molecule has 0 saturated carbocycles. The lowest BCUT2D eigenvalue weighted by Gasteiger charge is -2.15. The molecule has 0 spiro atoms. The first kappa shape index (κ1) is 29.6. The van der Waals surface area contributed by atoms with Gasteiger partial charge in [-0.15, -0.1) is 0 Å². The monoisotopic (exact) mass is 575 g/mol. The van der Waals surface area contributed by atoms with E-state index in [1.165, 1.54) is 22.3 Å². The van der Waals surface area contributed by atoms with Crippen molar-refractivity contribution in [1.82, 2.24) is 0 Å². The van der Waals surface area contributed by atoms with Gasteiger partial charge in [0.2, 0.25) is 5.91 Å². The van der Waals surface area contributed by atoms with Crippen molar-refractivity contribution in [2.75, 3.05) is 16.4 Å². The fourth-order valence-electron chi connectivity index (χ4n) is 5.82. The number of rotatable bonds is 13. The Hall–Kier alpha value is -4.91. The second kappa shape index (κ2) is 13.8. The number of nitrogen functional groups attached to an aromatic ring is 1. The van der Waals surface area contributed by atoms with Crippen LogP contribution < -0.4 is 16.4 Å². The normalized spacial score (nSPS) is 11.9. The maximum Gasteiger partial charge on any atom is 0.303 e. The Labute approximate surface area is 252 Å². The van der Waals surface area contributed by atoms with Crippen LogP contribution in [0.3, 0.4) is 0 Å². The number of hydrogen-bond acceptors (Lipinski definition) is 4. The van der Waals surface area contributed by atoms with Crippen molar-refractivity contribution in [3.8, 4) is 11.1 Å². The van der Waals surface area contributed by atoms with E-state index in [9.17, 15) is 14.4 Å². The van der Waals surface area contributed by atoms with Crippen LogP contribution in [0.2, 0.25) is 0 Å². The molecule has 1 aliphatic rings. The van der Waals surface area contributed by atoms with Gasteiger partial charge >= 0.3 is 5.97 Å². The highest BCUT2D eigenvalue weighted by molar-refractivity contribution is 6.06. The van der Waals surface area contributed by atoms with E-state index in [2.05, 4.69) is 71.3 Å². The van der Waals surface area contributed by atoms with Gasteiger partial charge in [0, 0.05) is 41.4 Å². The number of nitrogens with two attached hydrogens (primary N) is 1. The highest BCUT2D eigenvalue weighted by Gasteiger charge is 2.29. The summed E-state index contributed by atoms with van der Waals surface area (Å²) in [4.78, 5) is 36.2. The van der Waals surface area contributed by atoms with Crippen LogP contribution in [0.25, 0.3) is 11.1 Å². The van der Waals surface area contributed by atoms with Crippen molar-refractivity contribution < 1.29 is 19.5 Å². The number of anilines is 3. The van der Waals surface area contributed by atoms with E-state index in [1.807, 2.05) is 12.1 Å². The van der Waals surface area contributed by atoms with Crippen LogP contribution in [0.15, 0.2) is 91.0 Å². The zero-order valence-corrected chi connectivity index (χ0v) is 24.1. The average molecular weight is 576 g/mol. The van der Waals surface area contributed by atoms with Gasteiger partial charge < -0.3 is 21.5 Å². The largest absolute Gasteiger partial charge is 0.481 e. The van der Waals surface area contributed by atoms with Crippen LogP contribution in [0, 0.1) is 0 Å². The van der Waals surface area contributed by atoms with E-state index >= 15 is 0 Å². The summed E-state index contributed by atoms with van der Waals surface area (Å²) >= 11 is 0. The Morgan fingerprint density at radius 1 is 0.651 bits per heavy atom. The van der Waals surface area contributed by atoms with Crippen LogP contribution >= 0.6 is 0 Å². The van der Waals surface area contributed by atoms with E-state index in [0.29, 0.717) is 35.5 Å². The van der Waals surface area contributed by atoms with E-state index < -0.39 is 5.97 Å². The van der Waals surface area contributed by atoms with Crippen LogP contribution in [-0.4, -0.2) is 22.9 Å². The number of carboxylic acids is 1. The minimum atomic E-state index is -0.759. The maximum atomic E-state index is 13.1. The van der Waals surface area contributed by atoms with Crippen molar-refractivity contribution in [3.63, 3.8) is 0 Å². The Morgan fingerprint density at radius 2 is 1.23 bits per heavy atom. The standard InChI is InChI=1S/C36H37N3O4/c37-26-21-25(22-28(23-26)38-33(40)15-5-3-1-2-4-6-16-34(41)42)36(43)39-27-19-17-24(18-20-27)35-31-13-9-7-11-29(31)30-12-8-10-14-32(30)35/h7-14,17-23,35H,1-6,15-16,37H2,(H,38,40)(H,39,43)(H,41,42). The summed E-state index contributed by atoms with van der Waals surface area (Å²) in [6, 6.07) is 29.8. The average Bonchev–Trinajstić information content (AvgIpc) is 3.33. The smallest absolute Gasteiger partial charge is 0.303 e. The van der Waals surface area contributed by atoms with Crippen molar-refractivity contribution in [2.24, 2.45) is 0 Å². The molecule has 0 aliphatic heterocycles. The molecule has 0 saturated heterocycles. The lowest BCUT2D eigenvalue weighted by atomic mass is 9.89. The van der Waals surface area contributed by atoms with Gasteiger partial charge in [-0.2, -0.15) is 0 Å². The summed E-state index contributed by atoms with van der Waals surface area (Å²) in [5.41, 5.74) is 14.2. The van der Waals surface area contributed by atoms with Gasteiger partial charge in [0.05, 0.1) is 0 Å². The van der Waals surface area contributed by atoms with Crippen molar-refractivity contribution in [3.05, 3.63) is 113 Å². The summed E-state index contributed by atoms with van der Waals surface area (Å²) in [7, 11) is 0. The molecule has 4 aromatic rings. The summed E-state index contributed by atoms with van der Waals surface area (Å²) in [5, 5.41) is 14.5. The number of aliphatic carboxylic acids is 1. The molecule has 0 radical (unpaired) electrons. The number of benzene rings is 4. The minimum absolute atomic E-state index is 0.131. The second-order valence-corrected chi connectivity index (χ2v) is 11.1. The number of carboxylic acid groups (broad SMARTS) is 1. The van der Waals surface area contributed by atoms with Crippen LogP contribution in [0.5, 0.6) is 0 Å². The van der Waals surface area contributed by atoms with E-state index in [4.69, 9.17) is 10.8 Å².